The van der Waals surface area contributed by atoms with Crippen molar-refractivity contribution in [3.63, 3.8) is 0 Å². The normalized spacial score (nSPS) is 10.3. The molecule has 0 saturated carbocycles. The number of benzene rings is 1. The van der Waals surface area contributed by atoms with Crippen molar-refractivity contribution in [3.8, 4) is 0 Å². The van der Waals surface area contributed by atoms with E-state index in [4.69, 9.17) is 0 Å². The van der Waals surface area contributed by atoms with Crippen LogP contribution in [0, 0.1) is 6.92 Å². The summed E-state index contributed by atoms with van der Waals surface area (Å²) in [6.07, 6.45) is 3.20. The van der Waals surface area contributed by atoms with Crippen LogP contribution in [0.3, 0.4) is 0 Å². The minimum absolute atomic E-state index is 0.0698. The molecule has 0 aliphatic heterocycles. The first-order chi connectivity index (χ1) is 10.5. The summed E-state index contributed by atoms with van der Waals surface area (Å²) in [5.41, 5.74) is 2.23. The summed E-state index contributed by atoms with van der Waals surface area (Å²) in [7, 11) is 4.01. The van der Waals surface area contributed by atoms with Crippen LogP contribution in [0.1, 0.15) is 15.4 Å². The standard InChI is InChI=1S/C17H21N3OS/c1-5-17(21)20(12-15-10-18-13(2)22-15)11-14-8-6-7-9-16(14)19(3)4/h5-10H,1,11-12H2,2-4H3. The second kappa shape index (κ2) is 7.22. The van der Waals surface area contributed by atoms with Crippen molar-refractivity contribution < 1.29 is 4.79 Å². The van der Waals surface area contributed by atoms with Crippen molar-refractivity contribution >= 4 is 22.9 Å². The molecule has 5 heteroatoms. The summed E-state index contributed by atoms with van der Waals surface area (Å²) in [5, 5.41) is 1.01. The Bertz CT molecular complexity index is 663. The van der Waals surface area contributed by atoms with E-state index in [1.807, 2.05) is 39.3 Å². The number of rotatable bonds is 6. The molecule has 0 radical (unpaired) electrons. The van der Waals surface area contributed by atoms with Crippen molar-refractivity contribution in [3.05, 3.63) is 58.6 Å². The number of aromatic nitrogens is 1. The number of hydrogen-bond acceptors (Lipinski definition) is 4. The number of carbonyl (C=O) groups excluding carboxylic acids is 1. The largest absolute Gasteiger partial charge is 0.377 e. The van der Waals surface area contributed by atoms with Gasteiger partial charge in [-0.1, -0.05) is 24.8 Å². The van der Waals surface area contributed by atoms with Crippen LogP contribution in [0.15, 0.2) is 43.1 Å². The van der Waals surface area contributed by atoms with Crippen LogP contribution in [0.4, 0.5) is 5.69 Å². The first-order valence-corrected chi connectivity index (χ1v) is 7.90. The molecule has 0 N–H and O–H groups in total. The molecule has 0 saturated heterocycles. The molecule has 2 aromatic rings. The molecule has 0 fully saturated rings. The smallest absolute Gasteiger partial charge is 0.246 e. The highest BCUT2D eigenvalue weighted by Gasteiger charge is 2.15. The molecule has 4 nitrogen and oxygen atoms in total. The second-order valence-electron chi connectivity index (χ2n) is 5.27. The molecule has 0 aliphatic rings. The Morgan fingerprint density at radius 2 is 2.05 bits per heavy atom. The van der Waals surface area contributed by atoms with Crippen molar-refractivity contribution in [2.45, 2.75) is 20.0 Å². The Kier molecular flexibility index (Phi) is 5.33. The van der Waals surface area contributed by atoms with Crippen LogP contribution in [-0.4, -0.2) is 29.9 Å². The van der Waals surface area contributed by atoms with Gasteiger partial charge in [0.15, 0.2) is 0 Å². The van der Waals surface area contributed by atoms with Gasteiger partial charge in [-0.15, -0.1) is 11.3 Å². The summed E-state index contributed by atoms with van der Waals surface area (Å²) in [6, 6.07) is 8.11. The highest BCUT2D eigenvalue weighted by Crippen LogP contribution is 2.22. The molecule has 116 valence electrons. The Morgan fingerprint density at radius 1 is 1.32 bits per heavy atom. The fourth-order valence-corrected chi connectivity index (χ4v) is 3.10. The Hall–Kier alpha value is -2.14. The van der Waals surface area contributed by atoms with E-state index in [0.29, 0.717) is 13.1 Å². The Balaban J connectivity index is 2.23. The molecule has 1 aromatic heterocycles. The van der Waals surface area contributed by atoms with Gasteiger partial charge in [0.1, 0.15) is 0 Å². The molecule has 0 aliphatic carbocycles. The average Bonchev–Trinajstić information content (AvgIpc) is 2.91. The van der Waals surface area contributed by atoms with Crippen LogP contribution in [0.2, 0.25) is 0 Å². The SMILES string of the molecule is C=CC(=O)N(Cc1cnc(C)s1)Cc1ccccc1N(C)C. The zero-order valence-corrected chi connectivity index (χ0v) is 14.1. The zero-order chi connectivity index (χ0) is 16.1. The van der Waals surface area contributed by atoms with Gasteiger partial charge in [0, 0.05) is 37.4 Å². The number of amides is 1. The van der Waals surface area contributed by atoms with Gasteiger partial charge in [-0.2, -0.15) is 0 Å². The lowest BCUT2D eigenvalue weighted by atomic mass is 10.1. The molecule has 0 spiro atoms. The fourth-order valence-electron chi connectivity index (χ4n) is 2.29. The Labute approximate surface area is 135 Å². The predicted octanol–water partition coefficient (Wildman–Crippen LogP) is 3.23. The quantitative estimate of drug-likeness (QED) is 0.768. The molecule has 1 heterocycles. The number of para-hydroxylation sites is 1. The molecule has 0 atom stereocenters. The highest BCUT2D eigenvalue weighted by molar-refractivity contribution is 7.11. The lowest BCUT2D eigenvalue weighted by Gasteiger charge is -2.24. The lowest BCUT2D eigenvalue weighted by Crippen LogP contribution is -2.28. The maximum Gasteiger partial charge on any atom is 0.246 e. The first kappa shape index (κ1) is 16.2. The van der Waals surface area contributed by atoms with Crippen molar-refractivity contribution in [1.82, 2.24) is 9.88 Å². The number of hydrogen-bond donors (Lipinski definition) is 0. The summed E-state index contributed by atoms with van der Waals surface area (Å²) >= 11 is 1.62. The molecule has 0 bridgehead atoms. The maximum atomic E-state index is 12.2. The number of thiazole rings is 1. The number of carbonyl (C=O) groups is 1. The molecular weight excluding hydrogens is 294 g/mol. The van der Waals surface area contributed by atoms with E-state index in [9.17, 15) is 4.79 Å². The van der Waals surface area contributed by atoms with Gasteiger partial charge in [0.25, 0.3) is 0 Å². The predicted molar refractivity (Wildman–Crippen MR) is 92.1 cm³/mol. The van der Waals surface area contributed by atoms with E-state index in [2.05, 4.69) is 28.6 Å². The molecule has 1 aromatic carbocycles. The van der Waals surface area contributed by atoms with Crippen LogP contribution >= 0.6 is 11.3 Å². The summed E-state index contributed by atoms with van der Waals surface area (Å²) in [6.45, 7) is 6.69. The average molecular weight is 315 g/mol. The van der Waals surface area contributed by atoms with Crippen LogP contribution in [0.25, 0.3) is 0 Å². The van der Waals surface area contributed by atoms with Gasteiger partial charge in [0.2, 0.25) is 5.91 Å². The fraction of sp³-hybridized carbons (Fsp3) is 0.294. The van der Waals surface area contributed by atoms with Crippen LogP contribution in [0.5, 0.6) is 0 Å². The third-order valence-electron chi connectivity index (χ3n) is 3.34. The number of aryl methyl sites for hydroxylation is 1. The highest BCUT2D eigenvalue weighted by atomic mass is 32.1. The Morgan fingerprint density at radius 3 is 2.64 bits per heavy atom. The lowest BCUT2D eigenvalue weighted by molar-refractivity contribution is -0.127. The number of anilines is 1. The third kappa shape index (κ3) is 3.95. The van der Waals surface area contributed by atoms with E-state index in [-0.39, 0.29) is 5.91 Å². The van der Waals surface area contributed by atoms with E-state index in [1.54, 1.807) is 16.2 Å². The van der Waals surface area contributed by atoms with Crippen molar-refractivity contribution in [2.75, 3.05) is 19.0 Å². The van der Waals surface area contributed by atoms with E-state index < -0.39 is 0 Å². The van der Waals surface area contributed by atoms with Gasteiger partial charge < -0.3 is 9.80 Å². The topological polar surface area (TPSA) is 36.4 Å². The summed E-state index contributed by atoms with van der Waals surface area (Å²) in [5.74, 6) is -0.0698. The maximum absolute atomic E-state index is 12.2. The zero-order valence-electron chi connectivity index (χ0n) is 13.2. The van der Waals surface area contributed by atoms with Gasteiger partial charge >= 0.3 is 0 Å². The third-order valence-corrected chi connectivity index (χ3v) is 4.23. The van der Waals surface area contributed by atoms with E-state index in [0.717, 1.165) is 21.1 Å². The molecular formula is C17H21N3OS. The van der Waals surface area contributed by atoms with Crippen molar-refractivity contribution in [2.24, 2.45) is 0 Å². The molecule has 0 unspecified atom stereocenters. The molecule has 1 amide bonds. The van der Waals surface area contributed by atoms with E-state index >= 15 is 0 Å². The molecule has 2 rings (SSSR count). The second-order valence-corrected chi connectivity index (χ2v) is 6.59. The van der Waals surface area contributed by atoms with Crippen LogP contribution in [-0.2, 0) is 17.9 Å². The monoisotopic (exact) mass is 315 g/mol. The van der Waals surface area contributed by atoms with E-state index in [1.165, 1.54) is 6.08 Å². The van der Waals surface area contributed by atoms with Gasteiger partial charge in [0.05, 0.1) is 11.6 Å². The summed E-state index contributed by atoms with van der Waals surface area (Å²) < 4.78 is 0. The summed E-state index contributed by atoms with van der Waals surface area (Å²) in [4.78, 5) is 21.4. The minimum Gasteiger partial charge on any atom is -0.377 e. The minimum atomic E-state index is -0.0698. The van der Waals surface area contributed by atoms with Gasteiger partial charge in [-0.25, -0.2) is 4.98 Å². The van der Waals surface area contributed by atoms with Crippen molar-refractivity contribution in [1.29, 1.82) is 0 Å². The van der Waals surface area contributed by atoms with Gasteiger partial charge in [-0.05, 0) is 24.6 Å². The van der Waals surface area contributed by atoms with Gasteiger partial charge in [-0.3, -0.25) is 4.79 Å². The number of nitrogens with zero attached hydrogens (tertiary/aromatic N) is 3. The van der Waals surface area contributed by atoms with Crippen LogP contribution < -0.4 is 4.90 Å². The molecule has 22 heavy (non-hydrogen) atoms. The first-order valence-electron chi connectivity index (χ1n) is 7.09.